The smallest absolute Gasteiger partial charge is 0.211 e. The minimum atomic E-state index is -3.34. The minimum Gasteiger partial charge on any atom is -0.211 e. The molecule has 0 aliphatic carbocycles. The molecule has 14 heavy (non-hydrogen) atoms. The Labute approximate surface area is 89.3 Å². The van der Waals surface area contributed by atoms with Gasteiger partial charge in [-0.25, -0.2) is 8.42 Å². The number of thioether (sulfide) groups is 1. The van der Waals surface area contributed by atoms with E-state index in [1.54, 1.807) is 17.8 Å². The Bertz CT molecular complexity index is 324. The van der Waals surface area contributed by atoms with Crippen LogP contribution in [0.15, 0.2) is 0 Å². The molecule has 0 amide bonds. The highest BCUT2D eigenvalue weighted by atomic mass is 32.2. The second-order valence-electron chi connectivity index (χ2n) is 3.49. The van der Waals surface area contributed by atoms with Gasteiger partial charge in [-0.3, -0.25) is 0 Å². The third-order valence-corrected chi connectivity index (χ3v) is 4.83. The summed E-state index contributed by atoms with van der Waals surface area (Å²) >= 11 is 1.79. The number of rotatable bonds is 2. The quantitative estimate of drug-likeness (QED) is 0.704. The summed E-state index contributed by atoms with van der Waals surface area (Å²) in [6, 6.07) is 1.70. The molecule has 1 aliphatic heterocycles. The van der Waals surface area contributed by atoms with Gasteiger partial charge in [-0.15, -0.1) is 0 Å². The number of nitriles is 1. The van der Waals surface area contributed by atoms with Crippen LogP contribution in [0.5, 0.6) is 0 Å². The first-order valence-corrected chi connectivity index (χ1v) is 7.01. The van der Waals surface area contributed by atoms with Crippen molar-refractivity contribution in [2.75, 3.05) is 18.8 Å². The summed E-state index contributed by atoms with van der Waals surface area (Å²) in [5.41, 5.74) is 0. The van der Waals surface area contributed by atoms with Gasteiger partial charge in [-0.05, 0) is 0 Å². The monoisotopic (exact) mass is 234 g/mol. The maximum absolute atomic E-state index is 11.6. The maximum Gasteiger partial charge on any atom is 0.227 e. The molecule has 2 atom stereocenters. The summed E-state index contributed by atoms with van der Waals surface area (Å²) in [5, 5.41) is 9.03. The third kappa shape index (κ3) is 2.87. The summed E-state index contributed by atoms with van der Waals surface area (Å²) in [7, 11) is -3.34. The largest absolute Gasteiger partial charge is 0.227 e. The molecule has 1 heterocycles. The fourth-order valence-corrected chi connectivity index (χ4v) is 4.29. The number of sulfonamides is 1. The van der Waals surface area contributed by atoms with Gasteiger partial charge < -0.3 is 0 Å². The molecule has 0 radical (unpaired) electrons. The van der Waals surface area contributed by atoms with Crippen molar-refractivity contribution in [1.29, 1.82) is 5.26 Å². The highest BCUT2D eigenvalue weighted by molar-refractivity contribution is 8.00. The van der Waals surface area contributed by atoms with Crippen molar-refractivity contribution in [3.8, 4) is 6.07 Å². The van der Waals surface area contributed by atoms with Crippen LogP contribution in [0.4, 0.5) is 0 Å². The number of hydrogen-bond acceptors (Lipinski definition) is 4. The highest BCUT2D eigenvalue weighted by Gasteiger charge is 2.30. The van der Waals surface area contributed by atoms with Crippen molar-refractivity contribution < 1.29 is 8.42 Å². The lowest BCUT2D eigenvalue weighted by molar-refractivity contribution is 0.407. The fourth-order valence-electron chi connectivity index (χ4n) is 1.53. The molecule has 0 bridgehead atoms. The Balaban J connectivity index is 2.74. The van der Waals surface area contributed by atoms with E-state index in [1.165, 1.54) is 4.31 Å². The van der Waals surface area contributed by atoms with Crippen LogP contribution in [0.2, 0.25) is 0 Å². The molecule has 1 rings (SSSR count). The van der Waals surface area contributed by atoms with Gasteiger partial charge in [0.2, 0.25) is 10.0 Å². The summed E-state index contributed by atoms with van der Waals surface area (Å²) in [6.45, 7) is 5.07. The zero-order chi connectivity index (χ0) is 10.8. The molecule has 80 valence electrons. The van der Waals surface area contributed by atoms with Crippen LogP contribution in [-0.2, 0) is 10.0 Å². The maximum atomic E-state index is 11.6. The first-order valence-electron chi connectivity index (χ1n) is 4.46. The predicted molar refractivity (Wildman–Crippen MR) is 57.5 cm³/mol. The Kier molecular flexibility index (Phi) is 3.81. The molecule has 0 aromatic heterocycles. The average Bonchev–Trinajstić information content (AvgIpc) is 2.02. The molecule has 4 nitrogen and oxygen atoms in total. The summed E-state index contributed by atoms with van der Waals surface area (Å²) in [5.74, 6) is -0.406. The van der Waals surface area contributed by atoms with E-state index >= 15 is 0 Å². The van der Waals surface area contributed by atoms with Crippen molar-refractivity contribution in [2.24, 2.45) is 0 Å². The van der Waals surface area contributed by atoms with Gasteiger partial charge in [0.05, 0.1) is 6.07 Å². The van der Waals surface area contributed by atoms with Crippen LogP contribution in [0, 0.1) is 11.3 Å². The standard InChI is InChI=1S/C8H14N2O2S2/c1-7-5-10(6-8(2)13-7)14(11,12)4-3-9/h7-8H,4-6H2,1-2H3. The molecule has 0 spiro atoms. The van der Waals surface area contributed by atoms with Gasteiger partial charge in [-0.2, -0.15) is 21.3 Å². The van der Waals surface area contributed by atoms with E-state index in [4.69, 9.17) is 5.26 Å². The molecule has 1 aliphatic rings. The molecule has 2 unspecified atom stereocenters. The molecule has 0 aromatic rings. The van der Waals surface area contributed by atoms with Crippen LogP contribution < -0.4 is 0 Å². The Morgan fingerprint density at radius 1 is 1.43 bits per heavy atom. The third-order valence-electron chi connectivity index (χ3n) is 2.03. The molecular weight excluding hydrogens is 220 g/mol. The summed E-state index contributed by atoms with van der Waals surface area (Å²) in [6.07, 6.45) is 0. The van der Waals surface area contributed by atoms with Gasteiger partial charge in [-0.1, -0.05) is 13.8 Å². The van der Waals surface area contributed by atoms with Crippen molar-refractivity contribution in [3.63, 3.8) is 0 Å². The molecule has 1 fully saturated rings. The zero-order valence-electron chi connectivity index (χ0n) is 8.30. The van der Waals surface area contributed by atoms with E-state index < -0.39 is 15.8 Å². The minimum absolute atomic E-state index is 0.312. The normalized spacial score (nSPS) is 29.8. The van der Waals surface area contributed by atoms with E-state index in [0.717, 1.165) is 0 Å². The van der Waals surface area contributed by atoms with Crippen LogP contribution in [0.1, 0.15) is 13.8 Å². The fraction of sp³-hybridized carbons (Fsp3) is 0.875. The average molecular weight is 234 g/mol. The van der Waals surface area contributed by atoms with Crippen LogP contribution in [0.3, 0.4) is 0 Å². The molecule has 1 saturated heterocycles. The lowest BCUT2D eigenvalue weighted by atomic mass is 10.4. The zero-order valence-corrected chi connectivity index (χ0v) is 9.94. The van der Waals surface area contributed by atoms with E-state index in [-0.39, 0.29) is 0 Å². The van der Waals surface area contributed by atoms with Gasteiger partial charge >= 0.3 is 0 Å². The molecular formula is C8H14N2O2S2. The molecule has 0 N–H and O–H groups in total. The predicted octanol–water partition coefficient (Wildman–Crippen LogP) is 0.666. The van der Waals surface area contributed by atoms with E-state index in [2.05, 4.69) is 0 Å². The van der Waals surface area contributed by atoms with Gasteiger partial charge in [0.25, 0.3) is 0 Å². The topological polar surface area (TPSA) is 61.2 Å². The summed E-state index contributed by atoms with van der Waals surface area (Å²) in [4.78, 5) is 0. The van der Waals surface area contributed by atoms with Gasteiger partial charge in [0.15, 0.2) is 5.75 Å². The first-order chi connectivity index (χ1) is 6.45. The van der Waals surface area contributed by atoms with Crippen molar-refractivity contribution in [1.82, 2.24) is 4.31 Å². The van der Waals surface area contributed by atoms with E-state index in [0.29, 0.717) is 23.6 Å². The van der Waals surface area contributed by atoms with E-state index in [9.17, 15) is 8.42 Å². The van der Waals surface area contributed by atoms with E-state index in [1.807, 2.05) is 13.8 Å². The van der Waals surface area contributed by atoms with Gasteiger partial charge in [0.1, 0.15) is 0 Å². The van der Waals surface area contributed by atoms with Gasteiger partial charge in [0, 0.05) is 23.6 Å². The molecule has 6 heteroatoms. The SMILES string of the molecule is CC1CN(S(=O)(=O)CC#N)CC(C)S1. The Morgan fingerprint density at radius 2 is 1.93 bits per heavy atom. The van der Waals surface area contributed by atoms with Crippen molar-refractivity contribution in [3.05, 3.63) is 0 Å². The number of nitrogens with zero attached hydrogens (tertiary/aromatic N) is 2. The Hall–Kier alpha value is -0.250. The number of hydrogen-bond donors (Lipinski definition) is 0. The summed E-state index contributed by atoms with van der Waals surface area (Å²) < 4.78 is 24.6. The van der Waals surface area contributed by atoms with Crippen molar-refractivity contribution >= 4 is 21.8 Å². The molecule has 0 saturated carbocycles. The van der Waals surface area contributed by atoms with Crippen LogP contribution in [-0.4, -0.2) is 42.1 Å². The Morgan fingerprint density at radius 3 is 2.36 bits per heavy atom. The van der Waals surface area contributed by atoms with Crippen LogP contribution in [0.25, 0.3) is 0 Å². The second-order valence-corrected chi connectivity index (χ2v) is 7.34. The lowest BCUT2D eigenvalue weighted by Gasteiger charge is -2.33. The molecule has 0 aromatic carbocycles. The first kappa shape index (κ1) is 11.8. The van der Waals surface area contributed by atoms with Crippen molar-refractivity contribution in [2.45, 2.75) is 24.3 Å². The lowest BCUT2D eigenvalue weighted by Crippen LogP contribution is -2.44. The second kappa shape index (κ2) is 4.51. The van der Waals surface area contributed by atoms with Crippen LogP contribution >= 0.6 is 11.8 Å². The highest BCUT2D eigenvalue weighted by Crippen LogP contribution is 2.26.